The van der Waals surface area contributed by atoms with E-state index in [1.54, 1.807) is 0 Å². The quantitative estimate of drug-likeness (QED) is 0.577. The summed E-state index contributed by atoms with van der Waals surface area (Å²) in [7, 11) is -0.863. The van der Waals surface area contributed by atoms with Crippen molar-refractivity contribution in [2.45, 2.75) is 19.4 Å². The average molecular weight is 331 g/mol. The van der Waals surface area contributed by atoms with Gasteiger partial charge in [-0.2, -0.15) is 0 Å². The van der Waals surface area contributed by atoms with Crippen molar-refractivity contribution in [1.82, 2.24) is 4.57 Å². The number of carbonyl (C=O) groups is 1. The lowest BCUT2D eigenvalue weighted by Gasteiger charge is -2.06. The van der Waals surface area contributed by atoms with Gasteiger partial charge in [0.25, 0.3) is 0 Å². The van der Waals surface area contributed by atoms with Crippen LogP contribution in [0.3, 0.4) is 0 Å². The van der Waals surface area contributed by atoms with Gasteiger partial charge in [0.2, 0.25) is 0 Å². The van der Waals surface area contributed by atoms with Gasteiger partial charge in [0.1, 0.15) is 0 Å². The molecule has 0 spiro atoms. The maximum absolute atomic E-state index is 12.4. The van der Waals surface area contributed by atoms with Crippen LogP contribution in [0, 0.1) is 0 Å². The van der Waals surface area contributed by atoms with Crippen molar-refractivity contribution >= 4 is 18.4 Å². The van der Waals surface area contributed by atoms with E-state index in [0.29, 0.717) is 18.6 Å². The zero-order chi connectivity index (χ0) is 17.2. The van der Waals surface area contributed by atoms with Crippen LogP contribution >= 0.6 is 0 Å². The number of benzene rings is 2. The zero-order valence-electron chi connectivity index (χ0n) is 13.8. The Labute approximate surface area is 146 Å². The fourth-order valence-electron chi connectivity index (χ4n) is 3.13. The number of rotatable bonds is 5. The molecule has 4 rings (SSSR count). The molecule has 0 unspecified atom stereocenters. The predicted molar refractivity (Wildman–Crippen MR) is 97.3 cm³/mol. The molecule has 0 atom stereocenters. The topological polar surface area (TPSA) is 51.5 Å². The minimum absolute atomic E-state index is 0.132. The second-order valence-corrected chi connectivity index (χ2v) is 6.26. The SMILES string of the molecule is O=C(CCc1ccccc1)c1ccn(-c2ccc3c(c2)B(O)OC3)c1. The fourth-order valence-corrected chi connectivity index (χ4v) is 3.13. The van der Waals surface area contributed by atoms with Gasteiger partial charge in [0, 0.05) is 30.1 Å². The lowest BCUT2D eigenvalue weighted by Crippen LogP contribution is -2.28. The first-order chi connectivity index (χ1) is 12.2. The molecule has 1 N–H and O–H groups in total. The molecule has 1 aliphatic heterocycles. The van der Waals surface area contributed by atoms with E-state index in [1.165, 1.54) is 5.56 Å². The van der Waals surface area contributed by atoms with Crippen molar-refractivity contribution in [3.8, 4) is 5.69 Å². The summed E-state index contributed by atoms with van der Waals surface area (Å²) >= 11 is 0. The highest BCUT2D eigenvalue weighted by atomic mass is 16.5. The van der Waals surface area contributed by atoms with E-state index in [-0.39, 0.29) is 5.78 Å². The van der Waals surface area contributed by atoms with Gasteiger partial charge in [0.05, 0.1) is 6.61 Å². The maximum atomic E-state index is 12.4. The van der Waals surface area contributed by atoms with Gasteiger partial charge in [-0.1, -0.05) is 36.4 Å². The van der Waals surface area contributed by atoms with Crippen LogP contribution < -0.4 is 5.46 Å². The van der Waals surface area contributed by atoms with E-state index in [2.05, 4.69) is 0 Å². The van der Waals surface area contributed by atoms with Crippen molar-refractivity contribution < 1.29 is 14.5 Å². The van der Waals surface area contributed by atoms with Crippen molar-refractivity contribution in [3.63, 3.8) is 0 Å². The fraction of sp³-hybridized carbons (Fsp3) is 0.150. The van der Waals surface area contributed by atoms with E-state index in [0.717, 1.165) is 23.1 Å². The molecule has 0 bridgehead atoms. The predicted octanol–water partition coefficient (Wildman–Crippen LogP) is 2.51. The normalized spacial score (nSPS) is 13.1. The minimum Gasteiger partial charge on any atom is -0.423 e. The Morgan fingerprint density at radius 3 is 2.84 bits per heavy atom. The van der Waals surface area contributed by atoms with E-state index < -0.39 is 7.12 Å². The van der Waals surface area contributed by atoms with Gasteiger partial charge in [-0.3, -0.25) is 4.79 Å². The smallest absolute Gasteiger partial charge is 0.423 e. The van der Waals surface area contributed by atoms with Crippen LogP contribution in [0.1, 0.15) is 27.9 Å². The largest absolute Gasteiger partial charge is 0.491 e. The van der Waals surface area contributed by atoms with Gasteiger partial charge in [-0.15, -0.1) is 0 Å². The molecule has 0 radical (unpaired) electrons. The Morgan fingerprint density at radius 2 is 2.00 bits per heavy atom. The monoisotopic (exact) mass is 331 g/mol. The third-order valence-electron chi connectivity index (χ3n) is 4.59. The second-order valence-electron chi connectivity index (χ2n) is 6.26. The molecule has 0 saturated heterocycles. The number of aromatic nitrogens is 1. The molecular formula is C20H18BNO3. The summed E-state index contributed by atoms with van der Waals surface area (Å²) in [5.41, 5.74) is 4.58. The Balaban J connectivity index is 1.48. The molecule has 3 aromatic rings. The van der Waals surface area contributed by atoms with Crippen LogP contribution in [-0.4, -0.2) is 22.5 Å². The molecule has 124 valence electrons. The first kappa shape index (κ1) is 15.9. The summed E-state index contributed by atoms with van der Waals surface area (Å²) in [6.07, 6.45) is 4.95. The van der Waals surface area contributed by atoms with Crippen molar-refractivity contribution in [1.29, 1.82) is 0 Å². The van der Waals surface area contributed by atoms with Gasteiger partial charge >= 0.3 is 7.12 Å². The summed E-state index contributed by atoms with van der Waals surface area (Å²) in [6.45, 7) is 0.436. The van der Waals surface area contributed by atoms with Crippen LogP contribution in [-0.2, 0) is 17.7 Å². The molecule has 0 fully saturated rings. The maximum Gasteiger partial charge on any atom is 0.491 e. The lowest BCUT2D eigenvalue weighted by molar-refractivity contribution is 0.0983. The number of hydrogen-bond donors (Lipinski definition) is 1. The number of ketones is 1. The summed E-state index contributed by atoms with van der Waals surface area (Å²) in [5, 5.41) is 9.84. The minimum atomic E-state index is -0.863. The molecular weight excluding hydrogens is 313 g/mol. The number of fused-ring (bicyclic) bond motifs is 1. The molecule has 1 aliphatic rings. The molecule has 0 amide bonds. The molecule has 2 aromatic carbocycles. The molecule has 0 saturated carbocycles. The van der Waals surface area contributed by atoms with E-state index >= 15 is 0 Å². The van der Waals surface area contributed by atoms with Crippen LogP contribution in [0.25, 0.3) is 5.69 Å². The average Bonchev–Trinajstić information content (AvgIpc) is 3.28. The van der Waals surface area contributed by atoms with E-state index in [9.17, 15) is 9.82 Å². The van der Waals surface area contributed by atoms with Gasteiger partial charge < -0.3 is 14.2 Å². The summed E-state index contributed by atoms with van der Waals surface area (Å²) in [6, 6.07) is 17.7. The molecule has 25 heavy (non-hydrogen) atoms. The third kappa shape index (κ3) is 3.29. The number of nitrogens with zero attached hydrogens (tertiary/aromatic N) is 1. The highest BCUT2D eigenvalue weighted by Gasteiger charge is 2.27. The lowest BCUT2D eigenvalue weighted by atomic mass is 9.79. The Bertz CT molecular complexity index is 904. The van der Waals surface area contributed by atoms with Crippen molar-refractivity contribution in [3.05, 3.63) is 83.7 Å². The van der Waals surface area contributed by atoms with Crippen LogP contribution in [0.2, 0.25) is 0 Å². The zero-order valence-corrected chi connectivity index (χ0v) is 13.8. The standard InChI is InChI=1S/C20H18BNO3/c23-20(9-6-15-4-2-1-3-5-15)16-10-11-22(13-16)18-8-7-17-14-25-21(24)19(17)12-18/h1-5,7-8,10-13,24H,6,9,14H2. The van der Waals surface area contributed by atoms with Crippen molar-refractivity contribution in [2.24, 2.45) is 0 Å². The van der Waals surface area contributed by atoms with Crippen LogP contribution in [0.15, 0.2) is 67.0 Å². The molecule has 2 heterocycles. The van der Waals surface area contributed by atoms with E-state index in [1.807, 2.05) is 71.6 Å². The third-order valence-corrected chi connectivity index (χ3v) is 4.59. The van der Waals surface area contributed by atoms with Crippen molar-refractivity contribution in [2.75, 3.05) is 0 Å². The molecule has 0 aliphatic carbocycles. The van der Waals surface area contributed by atoms with Gasteiger partial charge in [-0.05, 0) is 41.2 Å². The van der Waals surface area contributed by atoms with Gasteiger partial charge in [0.15, 0.2) is 5.78 Å². The number of hydrogen-bond acceptors (Lipinski definition) is 3. The summed E-state index contributed by atoms with van der Waals surface area (Å²) in [5.74, 6) is 0.132. The first-order valence-corrected chi connectivity index (χ1v) is 8.39. The summed E-state index contributed by atoms with van der Waals surface area (Å²) < 4.78 is 7.13. The number of carbonyl (C=O) groups excluding carboxylic acids is 1. The first-order valence-electron chi connectivity index (χ1n) is 8.39. The van der Waals surface area contributed by atoms with Crippen LogP contribution in [0.4, 0.5) is 0 Å². The molecule has 4 nitrogen and oxygen atoms in total. The molecule has 5 heteroatoms. The highest BCUT2D eigenvalue weighted by molar-refractivity contribution is 6.61. The Morgan fingerprint density at radius 1 is 1.16 bits per heavy atom. The second kappa shape index (κ2) is 6.71. The number of aryl methyl sites for hydroxylation is 1. The van der Waals surface area contributed by atoms with Gasteiger partial charge in [-0.25, -0.2) is 0 Å². The molecule has 1 aromatic heterocycles. The van der Waals surface area contributed by atoms with E-state index in [4.69, 9.17) is 4.65 Å². The summed E-state index contributed by atoms with van der Waals surface area (Å²) in [4.78, 5) is 12.4. The highest BCUT2D eigenvalue weighted by Crippen LogP contribution is 2.17. The number of Topliss-reactive ketones (excluding diaryl/α,β-unsaturated/α-hetero) is 1. The Kier molecular flexibility index (Phi) is 4.26. The Hall–Kier alpha value is -2.63. The van der Waals surface area contributed by atoms with Crippen LogP contribution in [0.5, 0.6) is 0 Å².